The molecule has 0 saturated carbocycles. The van der Waals surface area contributed by atoms with Crippen LogP contribution in [-0.2, 0) is 0 Å². The van der Waals surface area contributed by atoms with Crippen molar-refractivity contribution < 1.29 is 9.13 Å². The molecule has 106 valence electrons. The van der Waals surface area contributed by atoms with Crippen molar-refractivity contribution in [1.82, 2.24) is 10.2 Å². The Hall–Kier alpha value is -1.33. The van der Waals surface area contributed by atoms with Gasteiger partial charge in [0.2, 0.25) is 0 Å². The normalized spacial score (nSPS) is 15.9. The van der Waals surface area contributed by atoms with Crippen LogP contribution in [0.2, 0.25) is 0 Å². The molecule has 0 bridgehead atoms. The zero-order valence-corrected chi connectivity index (χ0v) is 11.7. The predicted molar refractivity (Wildman–Crippen MR) is 75.5 cm³/mol. The van der Waals surface area contributed by atoms with Crippen LogP contribution in [0, 0.1) is 5.82 Å². The first-order valence-corrected chi connectivity index (χ1v) is 6.69. The van der Waals surface area contributed by atoms with E-state index in [-0.39, 0.29) is 5.82 Å². The van der Waals surface area contributed by atoms with Gasteiger partial charge in [-0.3, -0.25) is 0 Å². The molecule has 0 unspecified atom stereocenters. The average Bonchev–Trinajstić information content (AvgIpc) is 2.41. The molecule has 1 N–H and O–H groups in total. The second-order valence-electron chi connectivity index (χ2n) is 5.00. The van der Waals surface area contributed by atoms with E-state index in [1.165, 1.54) is 6.07 Å². The van der Waals surface area contributed by atoms with Crippen molar-refractivity contribution in [3.05, 3.63) is 24.0 Å². The Morgan fingerprint density at radius 2 is 2.05 bits per heavy atom. The average molecular weight is 267 g/mol. The summed E-state index contributed by atoms with van der Waals surface area (Å²) >= 11 is 0. The molecular weight excluding hydrogens is 245 g/mol. The number of nitrogens with zero attached hydrogens (tertiary/aromatic N) is 2. The Morgan fingerprint density at radius 1 is 1.32 bits per heavy atom. The first-order chi connectivity index (χ1) is 9.16. The number of benzene rings is 1. The molecule has 1 fully saturated rings. The van der Waals surface area contributed by atoms with E-state index in [9.17, 15) is 4.39 Å². The predicted octanol–water partition coefficient (Wildman–Crippen LogP) is 1.18. The van der Waals surface area contributed by atoms with E-state index in [1.807, 2.05) is 14.1 Å². The SMILES string of the molecule is CN(C)CCOc1ccc(F)cc1N1CCNCC1. The molecule has 0 amide bonds. The van der Waals surface area contributed by atoms with Gasteiger partial charge in [0, 0.05) is 38.8 Å². The molecule has 0 aliphatic carbocycles. The number of ether oxygens (including phenoxy) is 1. The van der Waals surface area contributed by atoms with E-state index in [4.69, 9.17) is 4.74 Å². The third-order valence-electron chi connectivity index (χ3n) is 3.17. The van der Waals surface area contributed by atoms with Crippen LogP contribution >= 0.6 is 0 Å². The maximum atomic E-state index is 13.4. The van der Waals surface area contributed by atoms with Gasteiger partial charge in [-0.15, -0.1) is 0 Å². The van der Waals surface area contributed by atoms with Crippen molar-refractivity contribution in [3.8, 4) is 5.75 Å². The van der Waals surface area contributed by atoms with Crippen LogP contribution in [0.3, 0.4) is 0 Å². The lowest BCUT2D eigenvalue weighted by atomic mass is 10.2. The van der Waals surface area contributed by atoms with Crippen LogP contribution in [0.5, 0.6) is 5.75 Å². The van der Waals surface area contributed by atoms with Crippen LogP contribution in [0.4, 0.5) is 10.1 Å². The zero-order chi connectivity index (χ0) is 13.7. The number of hydrogen-bond acceptors (Lipinski definition) is 4. The van der Waals surface area contributed by atoms with Gasteiger partial charge in [0.15, 0.2) is 0 Å². The van der Waals surface area contributed by atoms with E-state index in [2.05, 4.69) is 15.1 Å². The van der Waals surface area contributed by atoms with Crippen molar-refractivity contribution in [2.75, 3.05) is 58.3 Å². The number of rotatable bonds is 5. The Morgan fingerprint density at radius 3 is 2.74 bits per heavy atom. The van der Waals surface area contributed by atoms with Crippen LogP contribution in [0.1, 0.15) is 0 Å². The highest BCUT2D eigenvalue weighted by atomic mass is 19.1. The van der Waals surface area contributed by atoms with Gasteiger partial charge in [-0.25, -0.2) is 4.39 Å². The van der Waals surface area contributed by atoms with Crippen molar-refractivity contribution in [2.24, 2.45) is 0 Å². The van der Waals surface area contributed by atoms with E-state index >= 15 is 0 Å². The number of halogens is 1. The molecule has 0 radical (unpaired) electrons. The number of hydrogen-bond donors (Lipinski definition) is 1. The fraction of sp³-hybridized carbons (Fsp3) is 0.571. The molecule has 0 spiro atoms. The minimum Gasteiger partial charge on any atom is -0.490 e. The lowest BCUT2D eigenvalue weighted by Gasteiger charge is -2.30. The van der Waals surface area contributed by atoms with Gasteiger partial charge >= 0.3 is 0 Å². The standard InChI is InChI=1S/C14H22FN3O/c1-17(2)9-10-19-14-4-3-12(15)11-13(14)18-7-5-16-6-8-18/h3-4,11,16H,5-10H2,1-2H3. The molecule has 5 heteroatoms. The first-order valence-electron chi connectivity index (χ1n) is 6.69. The summed E-state index contributed by atoms with van der Waals surface area (Å²) in [7, 11) is 4.01. The quantitative estimate of drug-likeness (QED) is 0.867. The van der Waals surface area contributed by atoms with Crippen molar-refractivity contribution in [2.45, 2.75) is 0 Å². The van der Waals surface area contributed by atoms with E-state index < -0.39 is 0 Å². The van der Waals surface area contributed by atoms with Crippen molar-refractivity contribution in [1.29, 1.82) is 0 Å². The molecule has 0 aromatic heterocycles. The summed E-state index contributed by atoms with van der Waals surface area (Å²) in [5.74, 6) is 0.554. The Balaban J connectivity index is 2.08. The van der Waals surface area contributed by atoms with Crippen LogP contribution in [0.15, 0.2) is 18.2 Å². The maximum absolute atomic E-state index is 13.4. The Labute approximate surface area is 114 Å². The lowest BCUT2D eigenvalue weighted by molar-refractivity contribution is 0.261. The highest BCUT2D eigenvalue weighted by Crippen LogP contribution is 2.29. The lowest BCUT2D eigenvalue weighted by Crippen LogP contribution is -2.43. The van der Waals surface area contributed by atoms with E-state index in [0.29, 0.717) is 6.61 Å². The van der Waals surface area contributed by atoms with Gasteiger partial charge in [0.25, 0.3) is 0 Å². The minimum atomic E-state index is -0.214. The first kappa shape index (κ1) is 14.1. The smallest absolute Gasteiger partial charge is 0.142 e. The second-order valence-corrected chi connectivity index (χ2v) is 5.00. The maximum Gasteiger partial charge on any atom is 0.142 e. The van der Waals surface area contributed by atoms with E-state index in [1.54, 1.807) is 12.1 Å². The van der Waals surface area contributed by atoms with E-state index in [0.717, 1.165) is 44.2 Å². The molecule has 1 aromatic rings. The minimum absolute atomic E-state index is 0.214. The van der Waals surface area contributed by atoms with Gasteiger partial charge < -0.3 is 19.9 Å². The summed E-state index contributed by atoms with van der Waals surface area (Å²) in [6.45, 7) is 5.07. The fourth-order valence-corrected chi connectivity index (χ4v) is 2.10. The third-order valence-corrected chi connectivity index (χ3v) is 3.17. The second kappa shape index (κ2) is 6.73. The zero-order valence-electron chi connectivity index (χ0n) is 11.7. The van der Waals surface area contributed by atoms with Crippen molar-refractivity contribution in [3.63, 3.8) is 0 Å². The summed E-state index contributed by atoms with van der Waals surface area (Å²) in [4.78, 5) is 4.23. The number of anilines is 1. The number of nitrogens with one attached hydrogen (secondary N) is 1. The van der Waals surface area contributed by atoms with Gasteiger partial charge in [0.05, 0.1) is 5.69 Å². The molecule has 1 saturated heterocycles. The summed E-state index contributed by atoms with van der Waals surface area (Å²) < 4.78 is 19.2. The van der Waals surface area contributed by atoms with Gasteiger partial charge in [0.1, 0.15) is 18.2 Å². The molecule has 1 aromatic carbocycles. The molecule has 2 rings (SSSR count). The molecule has 0 atom stereocenters. The molecule has 1 aliphatic rings. The third kappa shape index (κ3) is 4.08. The van der Waals surface area contributed by atoms with Crippen LogP contribution < -0.4 is 15.0 Å². The molecule has 1 heterocycles. The van der Waals surface area contributed by atoms with Crippen LogP contribution in [0.25, 0.3) is 0 Å². The highest BCUT2D eigenvalue weighted by molar-refractivity contribution is 5.59. The summed E-state index contributed by atoms with van der Waals surface area (Å²) in [5.41, 5.74) is 0.861. The largest absolute Gasteiger partial charge is 0.490 e. The number of piperazine rings is 1. The van der Waals surface area contributed by atoms with Gasteiger partial charge in [-0.2, -0.15) is 0 Å². The van der Waals surface area contributed by atoms with Crippen LogP contribution in [-0.4, -0.2) is 58.3 Å². The summed E-state index contributed by atoms with van der Waals surface area (Å²) in [5, 5.41) is 3.29. The molecule has 1 aliphatic heterocycles. The van der Waals surface area contributed by atoms with Gasteiger partial charge in [-0.05, 0) is 26.2 Å². The fourth-order valence-electron chi connectivity index (χ4n) is 2.10. The van der Waals surface area contributed by atoms with Gasteiger partial charge in [-0.1, -0.05) is 0 Å². The molecule has 4 nitrogen and oxygen atoms in total. The molecular formula is C14H22FN3O. The molecule has 19 heavy (non-hydrogen) atoms. The summed E-state index contributed by atoms with van der Waals surface area (Å²) in [6, 6.07) is 4.75. The summed E-state index contributed by atoms with van der Waals surface area (Å²) in [6.07, 6.45) is 0. The monoisotopic (exact) mass is 267 g/mol. The topological polar surface area (TPSA) is 27.7 Å². The highest BCUT2D eigenvalue weighted by Gasteiger charge is 2.16. The Bertz CT molecular complexity index is 406. The van der Waals surface area contributed by atoms with Crippen molar-refractivity contribution >= 4 is 5.69 Å². The Kier molecular flexibility index (Phi) is 4.99. The number of likely N-dealkylation sites (N-methyl/N-ethyl adjacent to an activating group) is 1.